The Morgan fingerprint density at radius 3 is 1.78 bits per heavy atom. The van der Waals surface area contributed by atoms with Crippen LogP contribution in [-0.4, -0.2) is 25.2 Å². The van der Waals surface area contributed by atoms with E-state index in [2.05, 4.69) is 5.32 Å². The molecule has 0 aliphatic heterocycles. The molecule has 0 amide bonds. The maximum Gasteiger partial charge on any atom is 0.132 e. The lowest BCUT2D eigenvalue weighted by molar-refractivity contribution is -0.119. The molecule has 0 aliphatic carbocycles. The molecule has 0 radical (unpaired) electrons. The van der Waals surface area contributed by atoms with Gasteiger partial charge in [-0.1, -0.05) is 19.3 Å². The zero-order valence-corrected chi connectivity index (χ0v) is 12.1. The second kappa shape index (κ2) is 12.7. The second-order valence-corrected chi connectivity index (χ2v) is 5.07. The van der Waals surface area contributed by atoms with Gasteiger partial charge in [-0.05, 0) is 46.2 Å². The van der Waals surface area contributed by atoms with Crippen molar-refractivity contribution in [3.63, 3.8) is 0 Å². The summed E-state index contributed by atoms with van der Waals surface area (Å²) >= 11 is 0. The Labute approximate surface area is 112 Å². The number of Topliss-reactive ketones (excluding diaryl/α,β-unsaturated/α-hetero) is 2. The number of ketones is 2. The van der Waals surface area contributed by atoms with Crippen LogP contribution < -0.4 is 5.32 Å². The minimum atomic E-state index is 0.271. The SMILES string of the molecule is CNCCCCCC(=O)CCCCCCC(C)=O. The number of carbonyl (C=O) groups excluding carboxylic acids is 2. The van der Waals surface area contributed by atoms with Crippen molar-refractivity contribution >= 4 is 11.6 Å². The Kier molecular flexibility index (Phi) is 12.3. The summed E-state index contributed by atoms with van der Waals surface area (Å²) in [5.74, 6) is 0.679. The van der Waals surface area contributed by atoms with E-state index in [1.54, 1.807) is 6.92 Å². The van der Waals surface area contributed by atoms with Gasteiger partial charge in [-0.3, -0.25) is 4.79 Å². The number of hydrogen-bond donors (Lipinski definition) is 1. The molecule has 0 aromatic heterocycles. The van der Waals surface area contributed by atoms with Crippen LogP contribution in [0.3, 0.4) is 0 Å². The van der Waals surface area contributed by atoms with Crippen LogP contribution in [0.15, 0.2) is 0 Å². The summed E-state index contributed by atoms with van der Waals surface area (Å²) in [6.07, 6.45) is 9.64. The Balaban J connectivity index is 3.19. The molecule has 0 bridgehead atoms. The van der Waals surface area contributed by atoms with Crippen LogP contribution in [-0.2, 0) is 9.59 Å². The molecule has 0 spiro atoms. The summed E-state index contributed by atoms with van der Waals surface area (Å²) in [7, 11) is 1.96. The van der Waals surface area contributed by atoms with Crippen molar-refractivity contribution < 1.29 is 9.59 Å². The molecule has 3 nitrogen and oxygen atoms in total. The first-order chi connectivity index (χ1) is 8.66. The predicted octanol–water partition coefficient (Wildman–Crippen LogP) is 3.26. The molecule has 106 valence electrons. The molecule has 18 heavy (non-hydrogen) atoms. The van der Waals surface area contributed by atoms with Gasteiger partial charge in [0.25, 0.3) is 0 Å². The second-order valence-electron chi connectivity index (χ2n) is 5.07. The summed E-state index contributed by atoms with van der Waals surface area (Å²) < 4.78 is 0. The van der Waals surface area contributed by atoms with E-state index >= 15 is 0 Å². The molecule has 0 heterocycles. The first kappa shape index (κ1) is 17.3. The average Bonchev–Trinajstić information content (AvgIpc) is 2.33. The summed E-state index contributed by atoms with van der Waals surface area (Å²) in [6.45, 7) is 2.68. The van der Waals surface area contributed by atoms with E-state index in [-0.39, 0.29) is 5.78 Å². The van der Waals surface area contributed by atoms with E-state index in [4.69, 9.17) is 0 Å². The van der Waals surface area contributed by atoms with Gasteiger partial charge in [0.2, 0.25) is 0 Å². The van der Waals surface area contributed by atoms with Crippen LogP contribution >= 0.6 is 0 Å². The molecule has 0 saturated carbocycles. The van der Waals surface area contributed by atoms with Crippen molar-refractivity contribution in [1.82, 2.24) is 5.32 Å². The molecule has 0 unspecified atom stereocenters. The molecular weight excluding hydrogens is 226 g/mol. The van der Waals surface area contributed by atoms with Crippen LogP contribution in [0.25, 0.3) is 0 Å². The molecule has 0 atom stereocenters. The van der Waals surface area contributed by atoms with Crippen molar-refractivity contribution in [2.45, 2.75) is 71.1 Å². The Hall–Kier alpha value is -0.700. The van der Waals surface area contributed by atoms with Crippen LogP contribution in [0.4, 0.5) is 0 Å². The summed E-state index contributed by atoms with van der Waals surface area (Å²) in [5, 5.41) is 3.11. The molecular formula is C15H29NO2. The number of carbonyl (C=O) groups is 2. The fourth-order valence-corrected chi connectivity index (χ4v) is 1.98. The van der Waals surface area contributed by atoms with Crippen LogP contribution in [0.2, 0.25) is 0 Å². The fourth-order valence-electron chi connectivity index (χ4n) is 1.98. The molecule has 0 saturated heterocycles. The number of hydrogen-bond acceptors (Lipinski definition) is 3. The minimum Gasteiger partial charge on any atom is -0.320 e. The van der Waals surface area contributed by atoms with E-state index < -0.39 is 0 Å². The normalized spacial score (nSPS) is 10.6. The van der Waals surface area contributed by atoms with Crippen LogP contribution in [0.5, 0.6) is 0 Å². The molecule has 0 fully saturated rings. The lowest BCUT2D eigenvalue weighted by Crippen LogP contribution is -2.07. The average molecular weight is 255 g/mol. The van der Waals surface area contributed by atoms with Crippen LogP contribution in [0, 0.1) is 0 Å². The lowest BCUT2D eigenvalue weighted by Gasteiger charge is -2.02. The van der Waals surface area contributed by atoms with Gasteiger partial charge in [0.1, 0.15) is 11.6 Å². The topological polar surface area (TPSA) is 46.2 Å². The van der Waals surface area contributed by atoms with Crippen molar-refractivity contribution in [3.8, 4) is 0 Å². The predicted molar refractivity (Wildman–Crippen MR) is 75.8 cm³/mol. The first-order valence-corrected chi connectivity index (χ1v) is 7.32. The van der Waals surface area contributed by atoms with E-state index in [0.717, 1.165) is 64.3 Å². The van der Waals surface area contributed by atoms with Gasteiger partial charge in [0.15, 0.2) is 0 Å². The summed E-state index contributed by atoms with van der Waals surface area (Å²) in [5.41, 5.74) is 0. The zero-order valence-electron chi connectivity index (χ0n) is 12.1. The standard InChI is InChI=1S/C15H29NO2/c1-14(17)10-6-3-4-7-11-15(18)12-8-5-9-13-16-2/h16H,3-13H2,1-2H3. The third-order valence-corrected chi connectivity index (χ3v) is 3.12. The highest BCUT2D eigenvalue weighted by Gasteiger charge is 2.02. The van der Waals surface area contributed by atoms with E-state index in [0.29, 0.717) is 12.2 Å². The van der Waals surface area contributed by atoms with Crippen molar-refractivity contribution in [1.29, 1.82) is 0 Å². The number of rotatable bonds is 13. The van der Waals surface area contributed by atoms with Gasteiger partial charge in [-0.15, -0.1) is 0 Å². The highest BCUT2D eigenvalue weighted by molar-refractivity contribution is 5.78. The first-order valence-electron chi connectivity index (χ1n) is 7.32. The van der Waals surface area contributed by atoms with Gasteiger partial charge in [-0.2, -0.15) is 0 Å². The molecule has 0 aromatic carbocycles. The Morgan fingerprint density at radius 1 is 0.778 bits per heavy atom. The smallest absolute Gasteiger partial charge is 0.132 e. The molecule has 0 aliphatic rings. The van der Waals surface area contributed by atoms with Gasteiger partial charge in [0, 0.05) is 19.3 Å². The summed E-state index contributed by atoms with van der Waals surface area (Å²) in [6, 6.07) is 0. The maximum atomic E-state index is 11.5. The number of nitrogens with one attached hydrogen (secondary N) is 1. The third kappa shape index (κ3) is 13.4. The van der Waals surface area contributed by atoms with Gasteiger partial charge in [-0.25, -0.2) is 0 Å². The van der Waals surface area contributed by atoms with E-state index in [1.807, 2.05) is 7.05 Å². The fraction of sp³-hybridized carbons (Fsp3) is 0.867. The van der Waals surface area contributed by atoms with Gasteiger partial charge in [0.05, 0.1) is 0 Å². The molecule has 3 heteroatoms. The zero-order chi connectivity index (χ0) is 13.6. The Morgan fingerprint density at radius 2 is 1.28 bits per heavy atom. The quantitative estimate of drug-likeness (QED) is 0.514. The minimum absolute atomic E-state index is 0.271. The molecule has 0 rings (SSSR count). The Bertz CT molecular complexity index is 227. The van der Waals surface area contributed by atoms with E-state index in [1.165, 1.54) is 0 Å². The van der Waals surface area contributed by atoms with Gasteiger partial charge >= 0.3 is 0 Å². The summed E-state index contributed by atoms with van der Waals surface area (Å²) in [4.78, 5) is 22.3. The maximum absolute atomic E-state index is 11.5. The van der Waals surface area contributed by atoms with Crippen molar-refractivity contribution in [2.24, 2.45) is 0 Å². The monoisotopic (exact) mass is 255 g/mol. The highest BCUT2D eigenvalue weighted by Crippen LogP contribution is 2.09. The highest BCUT2D eigenvalue weighted by atomic mass is 16.1. The van der Waals surface area contributed by atoms with Gasteiger partial charge < -0.3 is 10.1 Å². The number of unbranched alkanes of at least 4 members (excludes halogenated alkanes) is 5. The largest absolute Gasteiger partial charge is 0.320 e. The van der Waals surface area contributed by atoms with Crippen molar-refractivity contribution in [2.75, 3.05) is 13.6 Å². The van der Waals surface area contributed by atoms with Crippen molar-refractivity contribution in [3.05, 3.63) is 0 Å². The third-order valence-electron chi connectivity index (χ3n) is 3.12. The van der Waals surface area contributed by atoms with Crippen LogP contribution in [0.1, 0.15) is 71.1 Å². The molecule has 0 aromatic rings. The lowest BCUT2D eigenvalue weighted by atomic mass is 10.0. The molecule has 1 N–H and O–H groups in total. The van der Waals surface area contributed by atoms with E-state index in [9.17, 15) is 9.59 Å².